The summed E-state index contributed by atoms with van der Waals surface area (Å²) in [7, 11) is 1.21. The summed E-state index contributed by atoms with van der Waals surface area (Å²) >= 11 is 0. The molecule has 0 fully saturated rings. The number of methoxy groups -OCH3 is 1. The normalized spacial score (nSPS) is 11.7. The molecule has 0 aliphatic rings. The Hall–Kier alpha value is -2.63. The summed E-state index contributed by atoms with van der Waals surface area (Å²) in [6.07, 6.45) is 2.31. The van der Waals surface area contributed by atoms with Gasteiger partial charge in [-0.05, 0) is 12.5 Å². The van der Waals surface area contributed by atoms with E-state index in [0.717, 1.165) is 17.7 Å². The summed E-state index contributed by atoms with van der Waals surface area (Å²) in [5, 5.41) is 2.52. The number of benzene rings is 1. The zero-order valence-corrected chi connectivity index (χ0v) is 12.6. The van der Waals surface area contributed by atoms with Crippen molar-refractivity contribution in [2.75, 3.05) is 13.7 Å². The molecule has 0 aromatic heterocycles. The second-order valence-corrected chi connectivity index (χ2v) is 4.36. The van der Waals surface area contributed by atoms with Gasteiger partial charge in [0.05, 0.1) is 13.7 Å². The van der Waals surface area contributed by atoms with Gasteiger partial charge in [-0.1, -0.05) is 30.3 Å². The van der Waals surface area contributed by atoms with E-state index in [-0.39, 0.29) is 6.61 Å². The van der Waals surface area contributed by atoms with Gasteiger partial charge >= 0.3 is 11.9 Å². The molecule has 0 aliphatic heterocycles. The van der Waals surface area contributed by atoms with Gasteiger partial charge in [-0.25, -0.2) is 9.59 Å². The number of nitrogens with one attached hydrogen (secondary N) is 1. The molecule has 0 aliphatic carbocycles. The second-order valence-electron chi connectivity index (χ2n) is 4.36. The summed E-state index contributed by atoms with van der Waals surface area (Å²) in [4.78, 5) is 34.6. The Balaban J connectivity index is 2.74. The van der Waals surface area contributed by atoms with Crippen molar-refractivity contribution in [3.63, 3.8) is 0 Å². The Kier molecular flexibility index (Phi) is 7.39. The molecule has 1 atom stereocenters. The smallest absolute Gasteiger partial charge is 0.330 e. The average Bonchev–Trinajstić information content (AvgIpc) is 2.53. The highest BCUT2D eigenvalue weighted by Gasteiger charge is 2.21. The quantitative estimate of drug-likeness (QED) is 0.600. The maximum absolute atomic E-state index is 11.9. The van der Waals surface area contributed by atoms with Crippen molar-refractivity contribution in [2.24, 2.45) is 0 Å². The third-order valence-electron chi connectivity index (χ3n) is 2.74. The predicted molar refractivity (Wildman–Crippen MR) is 79.9 cm³/mol. The highest BCUT2D eigenvalue weighted by atomic mass is 16.5. The van der Waals surface area contributed by atoms with E-state index in [1.54, 1.807) is 6.92 Å². The lowest BCUT2D eigenvalue weighted by atomic mass is 10.1. The molecule has 0 bridgehead atoms. The molecule has 0 spiro atoms. The van der Waals surface area contributed by atoms with Crippen LogP contribution in [-0.4, -0.2) is 37.6 Å². The second kappa shape index (κ2) is 9.33. The first kappa shape index (κ1) is 17.4. The van der Waals surface area contributed by atoms with Crippen LogP contribution in [0.1, 0.15) is 12.5 Å². The van der Waals surface area contributed by atoms with Crippen LogP contribution in [0.15, 0.2) is 42.5 Å². The minimum atomic E-state index is -0.822. The number of hydrogen-bond donors (Lipinski definition) is 1. The predicted octanol–water partition coefficient (Wildman–Crippen LogP) is 1.01. The fourth-order valence-corrected chi connectivity index (χ4v) is 1.72. The first-order valence-corrected chi connectivity index (χ1v) is 6.84. The highest BCUT2D eigenvalue weighted by Crippen LogP contribution is 2.05. The molecule has 6 nitrogen and oxygen atoms in total. The van der Waals surface area contributed by atoms with E-state index in [2.05, 4.69) is 10.1 Å². The van der Waals surface area contributed by atoms with Gasteiger partial charge in [0.1, 0.15) is 6.04 Å². The van der Waals surface area contributed by atoms with Crippen LogP contribution in [0.25, 0.3) is 0 Å². The third kappa shape index (κ3) is 6.21. The van der Waals surface area contributed by atoms with Crippen LogP contribution in [0.4, 0.5) is 0 Å². The molecule has 0 heterocycles. The van der Waals surface area contributed by atoms with Crippen LogP contribution in [0.3, 0.4) is 0 Å². The molecule has 22 heavy (non-hydrogen) atoms. The molecule has 1 aromatic rings. The maximum atomic E-state index is 11.9. The topological polar surface area (TPSA) is 81.7 Å². The van der Waals surface area contributed by atoms with Crippen LogP contribution in [0.2, 0.25) is 0 Å². The van der Waals surface area contributed by atoms with E-state index >= 15 is 0 Å². The van der Waals surface area contributed by atoms with Gasteiger partial charge < -0.3 is 14.8 Å². The Morgan fingerprint density at radius 1 is 1.18 bits per heavy atom. The lowest BCUT2D eigenvalue weighted by Gasteiger charge is -2.16. The van der Waals surface area contributed by atoms with Crippen LogP contribution in [-0.2, 0) is 30.3 Å². The fourth-order valence-electron chi connectivity index (χ4n) is 1.72. The maximum Gasteiger partial charge on any atom is 0.330 e. The molecular formula is C16H19NO5. The minimum absolute atomic E-state index is 0.220. The van der Waals surface area contributed by atoms with Crippen molar-refractivity contribution in [1.82, 2.24) is 5.32 Å². The standard InChI is InChI=1S/C16H19NO5/c1-3-22-16(20)13(11-12-7-5-4-6-8-12)17-14(18)9-10-15(19)21-2/h4-10,13H,3,11H2,1-2H3,(H,17,18)/b10-9-/t13-/m0/s1. The van der Waals surface area contributed by atoms with Crippen molar-refractivity contribution in [2.45, 2.75) is 19.4 Å². The van der Waals surface area contributed by atoms with Crippen molar-refractivity contribution in [3.05, 3.63) is 48.0 Å². The zero-order valence-electron chi connectivity index (χ0n) is 12.6. The molecule has 118 valence electrons. The number of ether oxygens (including phenoxy) is 2. The average molecular weight is 305 g/mol. The molecule has 0 radical (unpaired) electrons. The number of carbonyl (C=O) groups is 3. The van der Waals surface area contributed by atoms with Gasteiger partial charge in [-0.15, -0.1) is 0 Å². The van der Waals surface area contributed by atoms with Gasteiger partial charge in [0, 0.05) is 18.6 Å². The van der Waals surface area contributed by atoms with Gasteiger partial charge in [-0.2, -0.15) is 0 Å². The van der Waals surface area contributed by atoms with Crippen LogP contribution in [0, 0.1) is 0 Å². The Labute approximate surface area is 129 Å². The largest absolute Gasteiger partial charge is 0.466 e. The van der Waals surface area contributed by atoms with E-state index < -0.39 is 23.9 Å². The first-order chi connectivity index (χ1) is 10.6. The van der Waals surface area contributed by atoms with Crippen LogP contribution < -0.4 is 5.32 Å². The number of esters is 2. The SMILES string of the molecule is CCOC(=O)[C@H](Cc1ccccc1)NC(=O)/C=C\C(=O)OC. The van der Waals surface area contributed by atoms with Crippen LogP contribution in [0.5, 0.6) is 0 Å². The van der Waals surface area contributed by atoms with Gasteiger partial charge in [0.25, 0.3) is 0 Å². The summed E-state index contributed by atoms with van der Waals surface area (Å²) in [5.41, 5.74) is 0.887. The van der Waals surface area contributed by atoms with E-state index in [0.29, 0.717) is 6.42 Å². The Bertz CT molecular complexity index is 539. The van der Waals surface area contributed by atoms with Gasteiger partial charge in [-0.3, -0.25) is 4.79 Å². The molecule has 0 saturated heterocycles. The lowest BCUT2D eigenvalue weighted by Crippen LogP contribution is -2.42. The molecule has 0 unspecified atom stereocenters. The van der Waals surface area contributed by atoms with Crippen molar-refractivity contribution >= 4 is 17.8 Å². The molecule has 1 N–H and O–H groups in total. The Morgan fingerprint density at radius 2 is 1.86 bits per heavy atom. The van der Waals surface area contributed by atoms with Crippen molar-refractivity contribution in [3.8, 4) is 0 Å². The van der Waals surface area contributed by atoms with E-state index in [9.17, 15) is 14.4 Å². The summed E-state index contributed by atoms with van der Waals surface area (Å²) in [5.74, 6) is -1.74. The van der Waals surface area contributed by atoms with Crippen molar-refractivity contribution < 1.29 is 23.9 Å². The molecule has 1 amide bonds. The monoisotopic (exact) mass is 305 g/mol. The van der Waals surface area contributed by atoms with Crippen LogP contribution >= 0.6 is 0 Å². The Morgan fingerprint density at radius 3 is 2.45 bits per heavy atom. The lowest BCUT2D eigenvalue weighted by molar-refractivity contribution is -0.147. The number of carbonyl (C=O) groups excluding carboxylic acids is 3. The molecular weight excluding hydrogens is 286 g/mol. The number of rotatable bonds is 7. The molecule has 1 aromatic carbocycles. The fraction of sp³-hybridized carbons (Fsp3) is 0.312. The molecule has 1 rings (SSSR count). The van der Waals surface area contributed by atoms with Gasteiger partial charge in [0.2, 0.25) is 5.91 Å². The van der Waals surface area contributed by atoms with E-state index in [1.807, 2.05) is 30.3 Å². The number of amides is 1. The zero-order chi connectivity index (χ0) is 16.4. The minimum Gasteiger partial charge on any atom is -0.466 e. The van der Waals surface area contributed by atoms with E-state index in [1.165, 1.54) is 7.11 Å². The number of hydrogen-bond acceptors (Lipinski definition) is 5. The summed E-state index contributed by atoms with van der Waals surface area (Å²) < 4.78 is 9.34. The third-order valence-corrected chi connectivity index (χ3v) is 2.74. The molecule has 6 heteroatoms. The van der Waals surface area contributed by atoms with E-state index in [4.69, 9.17) is 4.74 Å². The highest BCUT2D eigenvalue weighted by molar-refractivity contribution is 5.96. The summed E-state index contributed by atoms with van der Waals surface area (Å²) in [6, 6.07) is 8.43. The molecule has 0 saturated carbocycles. The van der Waals surface area contributed by atoms with Crippen molar-refractivity contribution in [1.29, 1.82) is 0 Å². The summed E-state index contributed by atoms with van der Waals surface area (Å²) in [6.45, 7) is 1.91. The van der Waals surface area contributed by atoms with Gasteiger partial charge in [0.15, 0.2) is 0 Å². The first-order valence-electron chi connectivity index (χ1n) is 6.84.